The lowest BCUT2D eigenvalue weighted by Crippen LogP contribution is -2.54. The van der Waals surface area contributed by atoms with Crippen LogP contribution >= 0.6 is 0 Å². The van der Waals surface area contributed by atoms with E-state index in [2.05, 4.69) is 38.2 Å². The lowest BCUT2D eigenvalue weighted by molar-refractivity contribution is -0.918. The van der Waals surface area contributed by atoms with Crippen LogP contribution in [0, 0.1) is 23.7 Å². The third-order valence-corrected chi connectivity index (χ3v) is 8.92. The molecule has 160 valence electrons. The van der Waals surface area contributed by atoms with Crippen molar-refractivity contribution in [2.24, 2.45) is 23.7 Å². The van der Waals surface area contributed by atoms with Gasteiger partial charge >= 0.3 is 0 Å². The lowest BCUT2D eigenvalue weighted by atomic mass is 9.48. The van der Waals surface area contributed by atoms with E-state index in [1.807, 2.05) is 0 Å². The number of quaternary nitrogens is 1. The lowest BCUT2D eigenvalue weighted by Gasteiger charge is -2.57. The zero-order valence-corrected chi connectivity index (χ0v) is 18.5. The average Bonchev–Trinajstić information content (AvgIpc) is 2.68. The summed E-state index contributed by atoms with van der Waals surface area (Å²) in [5.74, 6) is 4.69. The van der Waals surface area contributed by atoms with E-state index < -0.39 is 6.10 Å². The molecule has 0 aromatic heterocycles. The molecule has 1 atom stereocenters. The highest BCUT2D eigenvalue weighted by molar-refractivity contribution is 5.34. The Morgan fingerprint density at radius 3 is 2.10 bits per heavy atom. The van der Waals surface area contributed by atoms with E-state index in [1.54, 1.807) is 5.56 Å². The van der Waals surface area contributed by atoms with Crippen molar-refractivity contribution in [2.45, 2.75) is 69.8 Å². The van der Waals surface area contributed by atoms with Crippen molar-refractivity contribution in [1.29, 1.82) is 0 Å². The number of likely N-dealkylation sites (N-methyl/N-ethyl adjacent to an activating group) is 1. The second-order valence-corrected chi connectivity index (χ2v) is 11.6. The zero-order chi connectivity index (χ0) is 20.1. The van der Waals surface area contributed by atoms with E-state index in [0.717, 1.165) is 40.4 Å². The Balaban J connectivity index is 1.16. The van der Waals surface area contributed by atoms with Crippen LogP contribution in [0.5, 0.6) is 5.75 Å². The van der Waals surface area contributed by atoms with Gasteiger partial charge in [-0.1, -0.05) is 19.1 Å². The van der Waals surface area contributed by atoms with Gasteiger partial charge < -0.3 is 14.3 Å². The highest BCUT2D eigenvalue weighted by Gasteiger charge is 2.51. The Morgan fingerprint density at radius 1 is 1.00 bits per heavy atom. The normalized spacial score (nSPS) is 42.0. The summed E-state index contributed by atoms with van der Waals surface area (Å²) in [6.45, 7) is 5.91. The number of benzene rings is 1. The molecule has 0 radical (unpaired) electrons. The molecule has 6 rings (SSSR count). The second kappa shape index (κ2) is 7.57. The standard InChI is InChI=1S/C26H40NO2/c1-19-7-9-27(2,10-8-19)17-24(28)18-29-25-5-3-23(4-6-25)26-14-20-11-21(15-26)13-22(12-20)16-26/h3-6,19-22,24,28H,7-18H2,1-2H3/q+1/t19?,20?,21?,22?,24-,26?,27?/m1/s1. The molecule has 4 aliphatic carbocycles. The van der Waals surface area contributed by atoms with Crippen LogP contribution in [0.4, 0.5) is 0 Å². The molecule has 5 aliphatic rings. The summed E-state index contributed by atoms with van der Waals surface area (Å²) in [5, 5.41) is 10.6. The molecule has 3 nitrogen and oxygen atoms in total. The number of hydrogen-bond donors (Lipinski definition) is 1. The molecular weight excluding hydrogens is 358 g/mol. The van der Waals surface area contributed by atoms with Crippen LogP contribution in [-0.2, 0) is 5.41 Å². The molecule has 1 aromatic rings. The Morgan fingerprint density at radius 2 is 1.55 bits per heavy atom. The molecule has 0 amide bonds. The number of ether oxygens (including phenoxy) is 1. The van der Waals surface area contributed by atoms with Gasteiger partial charge in [-0.25, -0.2) is 0 Å². The van der Waals surface area contributed by atoms with Crippen molar-refractivity contribution in [1.82, 2.24) is 0 Å². The van der Waals surface area contributed by atoms with E-state index in [-0.39, 0.29) is 0 Å². The minimum absolute atomic E-state index is 0.392. The van der Waals surface area contributed by atoms with Gasteiger partial charge in [0.05, 0.1) is 20.1 Å². The molecule has 3 heteroatoms. The maximum absolute atomic E-state index is 10.6. The molecule has 1 N–H and O–H groups in total. The third-order valence-electron chi connectivity index (χ3n) is 8.92. The van der Waals surface area contributed by atoms with Gasteiger partial charge in [-0.2, -0.15) is 0 Å². The summed E-state index contributed by atoms with van der Waals surface area (Å²) in [5.41, 5.74) is 2.00. The summed E-state index contributed by atoms with van der Waals surface area (Å²) in [4.78, 5) is 0. The van der Waals surface area contributed by atoms with Crippen LogP contribution in [0.15, 0.2) is 24.3 Å². The quantitative estimate of drug-likeness (QED) is 0.700. The predicted molar refractivity (Wildman–Crippen MR) is 117 cm³/mol. The Hall–Kier alpha value is -1.06. The van der Waals surface area contributed by atoms with Crippen molar-refractivity contribution in [3.05, 3.63) is 29.8 Å². The number of aliphatic hydroxyl groups excluding tert-OH is 1. The van der Waals surface area contributed by atoms with Gasteiger partial charge in [-0.15, -0.1) is 0 Å². The number of likely N-dealkylation sites (tertiary alicyclic amines) is 1. The fourth-order valence-electron chi connectivity index (χ4n) is 7.63. The smallest absolute Gasteiger partial charge is 0.137 e. The molecule has 4 bridgehead atoms. The summed E-state index contributed by atoms with van der Waals surface area (Å²) in [6, 6.07) is 8.96. The first-order valence-corrected chi connectivity index (χ1v) is 12.2. The van der Waals surface area contributed by atoms with Crippen LogP contribution < -0.4 is 4.74 Å². The SMILES string of the molecule is CC1CC[N+](C)(C[C@@H](O)COc2ccc(C34CC5CC(CC(C5)C3)C4)cc2)CC1. The summed E-state index contributed by atoms with van der Waals surface area (Å²) in [6.07, 6.45) is 10.9. The predicted octanol–water partition coefficient (Wildman–Crippen LogP) is 4.77. The molecule has 29 heavy (non-hydrogen) atoms. The molecule has 1 aliphatic heterocycles. The number of piperidine rings is 1. The van der Waals surface area contributed by atoms with E-state index >= 15 is 0 Å². The Bertz CT molecular complexity index is 669. The van der Waals surface area contributed by atoms with Crippen molar-refractivity contribution < 1.29 is 14.3 Å². The van der Waals surface area contributed by atoms with Crippen molar-refractivity contribution in [2.75, 3.05) is 33.3 Å². The van der Waals surface area contributed by atoms with E-state index in [0.29, 0.717) is 12.0 Å². The summed E-state index contributed by atoms with van der Waals surface area (Å²) >= 11 is 0. The minimum atomic E-state index is -0.392. The first kappa shape index (κ1) is 19.9. The van der Waals surface area contributed by atoms with Gasteiger partial charge in [-0.3, -0.25) is 0 Å². The van der Waals surface area contributed by atoms with Crippen molar-refractivity contribution in [3.8, 4) is 5.75 Å². The maximum Gasteiger partial charge on any atom is 0.137 e. The minimum Gasteiger partial charge on any atom is -0.491 e. The summed E-state index contributed by atoms with van der Waals surface area (Å²) in [7, 11) is 2.29. The maximum atomic E-state index is 10.6. The molecule has 1 aromatic carbocycles. The van der Waals surface area contributed by atoms with Crippen LogP contribution in [0.3, 0.4) is 0 Å². The number of nitrogens with zero attached hydrogens (tertiary/aromatic N) is 1. The molecule has 0 spiro atoms. The molecule has 4 saturated carbocycles. The van der Waals surface area contributed by atoms with Gasteiger partial charge in [-0.05, 0) is 98.1 Å². The molecule has 1 saturated heterocycles. The molecular formula is C26H40NO2+. The highest BCUT2D eigenvalue weighted by atomic mass is 16.5. The number of hydrogen-bond acceptors (Lipinski definition) is 2. The third kappa shape index (κ3) is 4.10. The fourth-order valence-corrected chi connectivity index (χ4v) is 7.63. The second-order valence-electron chi connectivity index (χ2n) is 11.6. The topological polar surface area (TPSA) is 29.5 Å². The van der Waals surface area contributed by atoms with E-state index in [4.69, 9.17) is 4.74 Å². The van der Waals surface area contributed by atoms with Crippen LogP contribution in [0.2, 0.25) is 0 Å². The van der Waals surface area contributed by atoms with Gasteiger partial charge in [0.1, 0.15) is 25.0 Å². The Kier molecular flexibility index (Phi) is 5.19. The first-order valence-electron chi connectivity index (χ1n) is 12.2. The monoisotopic (exact) mass is 398 g/mol. The number of rotatable bonds is 6. The zero-order valence-electron chi connectivity index (χ0n) is 18.5. The largest absolute Gasteiger partial charge is 0.491 e. The van der Waals surface area contributed by atoms with E-state index in [1.165, 1.54) is 64.5 Å². The van der Waals surface area contributed by atoms with Gasteiger partial charge in [0.15, 0.2) is 0 Å². The molecule has 0 unspecified atom stereocenters. The Labute approximate surface area is 177 Å². The average molecular weight is 399 g/mol. The van der Waals surface area contributed by atoms with Gasteiger partial charge in [0, 0.05) is 0 Å². The van der Waals surface area contributed by atoms with Crippen molar-refractivity contribution in [3.63, 3.8) is 0 Å². The first-order chi connectivity index (χ1) is 13.9. The fraction of sp³-hybridized carbons (Fsp3) is 0.769. The highest BCUT2D eigenvalue weighted by Crippen LogP contribution is 2.60. The molecule has 5 fully saturated rings. The van der Waals surface area contributed by atoms with E-state index in [9.17, 15) is 5.11 Å². The van der Waals surface area contributed by atoms with Crippen LogP contribution in [0.25, 0.3) is 0 Å². The van der Waals surface area contributed by atoms with Crippen molar-refractivity contribution >= 4 is 0 Å². The van der Waals surface area contributed by atoms with Gasteiger partial charge in [0.2, 0.25) is 0 Å². The van der Waals surface area contributed by atoms with Gasteiger partial charge in [0.25, 0.3) is 0 Å². The van der Waals surface area contributed by atoms with Crippen LogP contribution in [-0.4, -0.2) is 49.0 Å². The number of aliphatic hydroxyl groups is 1. The molecule has 1 heterocycles. The van der Waals surface area contributed by atoms with Crippen LogP contribution in [0.1, 0.15) is 63.9 Å². The summed E-state index contributed by atoms with van der Waals surface area (Å²) < 4.78 is 6.98.